The normalized spacial score (nSPS) is 10.7. The zero-order valence-corrected chi connectivity index (χ0v) is 16.6. The Morgan fingerprint density at radius 3 is 2.50 bits per heavy atom. The number of carbonyl (C=O) groups excluding carboxylic acids is 2. The number of ether oxygens (including phenoxy) is 1. The van der Waals surface area contributed by atoms with Gasteiger partial charge < -0.3 is 15.4 Å². The van der Waals surface area contributed by atoms with Crippen molar-refractivity contribution in [3.63, 3.8) is 0 Å². The molecule has 0 atom stereocenters. The summed E-state index contributed by atoms with van der Waals surface area (Å²) < 4.78 is 45.3. The van der Waals surface area contributed by atoms with Crippen LogP contribution in [-0.2, 0) is 16.2 Å². The average molecular weight is 441 g/mol. The van der Waals surface area contributed by atoms with E-state index in [4.69, 9.17) is 4.74 Å². The zero-order chi connectivity index (χ0) is 22.9. The van der Waals surface area contributed by atoms with Gasteiger partial charge in [-0.3, -0.25) is 14.6 Å². The van der Waals surface area contributed by atoms with Crippen molar-refractivity contribution in [3.8, 4) is 5.75 Å². The van der Waals surface area contributed by atoms with Gasteiger partial charge in [-0.2, -0.15) is 0 Å². The van der Waals surface area contributed by atoms with E-state index in [1.165, 1.54) is 12.2 Å². The number of rotatable bonds is 8. The molecule has 2 aromatic carbocycles. The summed E-state index contributed by atoms with van der Waals surface area (Å²) in [6.07, 6.45) is 6.15. The second kappa shape index (κ2) is 10.8. The van der Waals surface area contributed by atoms with Gasteiger partial charge in [0.15, 0.2) is 17.5 Å². The predicted octanol–water partition coefficient (Wildman–Crippen LogP) is 3.85. The minimum absolute atomic E-state index is 0.377. The second-order valence-electron chi connectivity index (χ2n) is 6.54. The van der Waals surface area contributed by atoms with Gasteiger partial charge in [0.2, 0.25) is 11.8 Å². The van der Waals surface area contributed by atoms with Crippen LogP contribution < -0.4 is 15.4 Å². The summed E-state index contributed by atoms with van der Waals surface area (Å²) in [4.78, 5) is 27.7. The van der Waals surface area contributed by atoms with Crippen molar-refractivity contribution >= 4 is 23.6 Å². The van der Waals surface area contributed by atoms with Crippen LogP contribution in [0.3, 0.4) is 0 Å². The molecule has 0 saturated carbocycles. The quantitative estimate of drug-likeness (QED) is 0.411. The first-order chi connectivity index (χ1) is 15.4. The number of aromatic nitrogens is 1. The van der Waals surface area contributed by atoms with Crippen LogP contribution in [0.2, 0.25) is 0 Å². The Morgan fingerprint density at radius 1 is 1.00 bits per heavy atom. The topological polar surface area (TPSA) is 80.3 Å². The number of pyridine rings is 1. The standard InChI is InChI=1S/C23H18F3N3O3/c24-18-8-9-19(23(26)22(18)25)29-21(31)13-28-20(30)10-5-15-3-6-17(7-4-15)32-14-16-2-1-11-27-12-16/h1-12H,13-14H2,(H,28,30)(H,29,31)/b10-5+. The molecule has 0 radical (unpaired) electrons. The largest absolute Gasteiger partial charge is 0.489 e. The minimum Gasteiger partial charge on any atom is -0.489 e. The highest BCUT2D eigenvalue weighted by Crippen LogP contribution is 2.19. The molecule has 2 amide bonds. The molecule has 6 nitrogen and oxygen atoms in total. The lowest BCUT2D eigenvalue weighted by Gasteiger charge is -2.07. The number of nitrogens with zero attached hydrogens (tertiary/aromatic N) is 1. The molecule has 32 heavy (non-hydrogen) atoms. The maximum Gasteiger partial charge on any atom is 0.244 e. The molecule has 0 fully saturated rings. The van der Waals surface area contributed by atoms with Crippen LogP contribution in [0.5, 0.6) is 5.75 Å². The van der Waals surface area contributed by atoms with Gasteiger partial charge in [0, 0.05) is 24.0 Å². The van der Waals surface area contributed by atoms with Gasteiger partial charge in [0.05, 0.1) is 12.2 Å². The van der Waals surface area contributed by atoms with Crippen LogP contribution in [0.1, 0.15) is 11.1 Å². The Balaban J connectivity index is 1.44. The van der Waals surface area contributed by atoms with E-state index in [2.05, 4.69) is 15.6 Å². The van der Waals surface area contributed by atoms with Crippen molar-refractivity contribution in [2.45, 2.75) is 6.61 Å². The van der Waals surface area contributed by atoms with Crippen molar-refractivity contribution in [1.29, 1.82) is 0 Å². The summed E-state index contributed by atoms with van der Waals surface area (Å²) >= 11 is 0. The molecule has 0 bridgehead atoms. The lowest BCUT2D eigenvalue weighted by atomic mass is 10.2. The van der Waals surface area contributed by atoms with Crippen molar-refractivity contribution in [2.75, 3.05) is 11.9 Å². The number of nitrogens with one attached hydrogen (secondary N) is 2. The molecule has 0 unspecified atom stereocenters. The third-order valence-corrected chi connectivity index (χ3v) is 4.17. The van der Waals surface area contributed by atoms with E-state index in [1.807, 2.05) is 12.1 Å². The first-order valence-electron chi connectivity index (χ1n) is 9.43. The van der Waals surface area contributed by atoms with Gasteiger partial charge in [-0.1, -0.05) is 18.2 Å². The van der Waals surface area contributed by atoms with E-state index in [0.29, 0.717) is 18.4 Å². The molecular weight excluding hydrogens is 423 g/mol. The van der Waals surface area contributed by atoms with Gasteiger partial charge in [0.25, 0.3) is 0 Å². The highest BCUT2D eigenvalue weighted by molar-refractivity contribution is 5.98. The molecule has 0 aliphatic heterocycles. The SMILES string of the molecule is O=C(/C=C/c1ccc(OCc2cccnc2)cc1)NCC(=O)Nc1ccc(F)c(F)c1F. The summed E-state index contributed by atoms with van der Waals surface area (Å²) in [5.74, 6) is -5.29. The summed E-state index contributed by atoms with van der Waals surface area (Å²) in [6, 6.07) is 12.3. The van der Waals surface area contributed by atoms with Crippen molar-refractivity contribution in [2.24, 2.45) is 0 Å². The van der Waals surface area contributed by atoms with Crippen LogP contribution in [-0.4, -0.2) is 23.3 Å². The molecule has 0 spiro atoms. The number of hydrogen-bond donors (Lipinski definition) is 2. The molecule has 0 saturated heterocycles. The molecule has 164 valence electrons. The molecular formula is C23H18F3N3O3. The Morgan fingerprint density at radius 2 is 1.78 bits per heavy atom. The van der Waals surface area contributed by atoms with Crippen LogP contribution in [0.4, 0.5) is 18.9 Å². The third kappa shape index (κ3) is 6.43. The van der Waals surface area contributed by atoms with E-state index in [-0.39, 0.29) is 0 Å². The average Bonchev–Trinajstić information content (AvgIpc) is 2.82. The molecule has 1 aromatic heterocycles. The predicted molar refractivity (Wildman–Crippen MR) is 112 cm³/mol. The Labute approximate surface area is 181 Å². The summed E-state index contributed by atoms with van der Waals surface area (Å²) in [7, 11) is 0. The fourth-order valence-corrected chi connectivity index (χ4v) is 2.54. The fraction of sp³-hybridized carbons (Fsp3) is 0.0870. The third-order valence-electron chi connectivity index (χ3n) is 4.17. The number of hydrogen-bond acceptors (Lipinski definition) is 4. The van der Waals surface area contributed by atoms with E-state index >= 15 is 0 Å². The highest BCUT2D eigenvalue weighted by atomic mass is 19.2. The lowest BCUT2D eigenvalue weighted by Crippen LogP contribution is -2.32. The lowest BCUT2D eigenvalue weighted by molar-refractivity contribution is -0.121. The monoisotopic (exact) mass is 441 g/mol. The number of amides is 2. The molecule has 2 N–H and O–H groups in total. The first-order valence-corrected chi connectivity index (χ1v) is 9.43. The van der Waals surface area contributed by atoms with Crippen molar-refractivity contribution in [1.82, 2.24) is 10.3 Å². The molecule has 1 heterocycles. The first kappa shape index (κ1) is 22.5. The van der Waals surface area contributed by atoms with Gasteiger partial charge >= 0.3 is 0 Å². The van der Waals surface area contributed by atoms with Crippen LogP contribution in [0.15, 0.2) is 67.0 Å². The maximum absolute atomic E-state index is 13.6. The zero-order valence-electron chi connectivity index (χ0n) is 16.6. The van der Waals surface area contributed by atoms with E-state index < -0.39 is 41.5 Å². The number of carbonyl (C=O) groups is 2. The van der Waals surface area contributed by atoms with E-state index in [1.54, 1.807) is 36.7 Å². The highest BCUT2D eigenvalue weighted by Gasteiger charge is 2.15. The molecule has 9 heteroatoms. The van der Waals surface area contributed by atoms with Gasteiger partial charge in [-0.25, -0.2) is 13.2 Å². The molecule has 0 aliphatic carbocycles. The smallest absolute Gasteiger partial charge is 0.244 e. The van der Waals surface area contributed by atoms with E-state index in [0.717, 1.165) is 17.2 Å². The molecule has 3 rings (SSSR count). The van der Waals surface area contributed by atoms with Gasteiger partial charge in [-0.15, -0.1) is 0 Å². The maximum atomic E-state index is 13.6. The second-order valence-corrected chi connectivity index (χ2v) is 6.54. The van der Waals surface area contributed by atoms with Crippen molar-refractivity contribution < 1.29 is 27.5 Å². The van der Waals surface area contributed by atoms with E-state index in [9.17, 15) is 22.8 Å². The Hall–Kier alpha value is -4.14. The number of anilines is 1. The number of benzene rings is 2. The van der Waals surface area contributed by atoms with Crippen LogP contribution in [0.25, 0.3) is 6.08 Å². The van der Waals surface area contributed by atoms with Crippen molar-refractivity contribution in [3.05, 3.63) is 95.6 Å². The van der Waals surface area contributed by atoms with Gasteiger partial charge in [0.1, 0.15) is 12.4 Å². The summed E-state index contributed by atoms with van der Waals surface area (Å²) in [6.45, 7) is -0.106. The minimum atomic E-state index is -1.69. The summed E-state index contributed by atoms with van der Waals surface area (Å²) in [5, 5.41) is 4.37. The summed E-state index contributed by atoms with van der Waals surface area (Å²) in [5.41, 5.74) is 1.14. The number of halogens is 3. The van der Waals surface area contributed by atoms with Gasteiger partial charge in [-0.05, 0) is 42.0 Å². The molecule has 3 aromatic rings. The van der Waals surface area contributed by atoms with Crippen LogP contribution >= 0.6 is 0 Å². The van der Waals surface area contributed by atoms with Crippen LogP contribution in [0, 0.1) is 17.5 Å². The Bertz CT molecular complexity index is 1120. The molecule has 0 aliphatic rings. The Kier molecular flexibility index (Phi) is 7.58. The fourth-order valence-electron chi connectivity index (χ4n) is 2.54.